The molecular weight excluding hydrogens is 404 g/mol. The van der Waals surface area contributed by atoms with Crippen LogP contribution in [0.25, 0.3) is 0 Å². The van der Waals surface area contributed by atoms with Gasteiger partial charge in [-0.1, -0.05) is 39.8 Å². The Morgan fingerprint density at radius 1 is 0.933 bits per heavy atom. The summed E-state index contributed by atoms with van der Waals surface area (Å²) in [6, 6.07) is 7.29. The SMILES string of the molecule is CC.COC1=NC(C(CCOS(C)=O)c2ccc(OC)cc2)C(OC)=NC1C(C)C. The minimum Gasteiger partial charge on any atom is -0.497 e. The van der Waals surface area contributed by atoms with E-state index >= 15 is 0 Å². The van der Waals surface area contributed by atoms with Crippen LogP contribution in [-0.2, 0) is 24.7 Å². The van der Waals surface area contributed by atoms with Crippen LogP contribution >= 0.6 is 0 Å². The normalized spacial score (nSPS) is 20.3. The summed E-state index contributed by atoms with van der Waals surface area (Å²) < 4.78 is 33.1. The van der Waals surface area contributed by atoms with E-state index in [1.54, 1.807) is 21.3 Å². The molecule has 0 amide bonds. The van der Waals surface area contributed by atoms with Gasteiger partial charge >= 0.3 is 0 Å². The molecular formula is C22H36N2O5S. The summed E-state index contributed by atoms with van der Waals surface area (Å²) in [4.78, 5) is 9.62. The molecule has 4 atom stereocenters. The Balaban J connectivity index is 0.00000218. The molecule has 0 aromatic heterocycles. The number of hydrogen-bond donors (Lipinski definition) is 0. The molecule has 0 saturated carbocycles. The van der Waals surface area contributed by atoms with Gasteiger partial charge in [0.25, 0.3) is 0 Å². The van der Waals surface area contributed by atoms with Crippen molar-refractivity contribution in [3.63, 3.8) is 0 Å². The van der Waals surface area contributed by atoms with Crippen molar-refractivity contribution in [1.82, 2.24) is 0 Å². The average Bonchev–Trinajstić information content (AvgIpc) is 2.77. The number of nitrogens with zero attached hydrogens (tertiary/aromatic N) is 2. The second kappa shape index (κ2) is 13.4. The zero-order chi connectivity index (χ0) is 22.7. The van der Waals surface area contributed by atoms with Gasteiger partial charge in [-0.3, -0.25) is 4.18 Å². The van der Waals surface area contributed by atoms with Crippen LogP contribution in [0.4, 0.5) is 0 Å². The number of benzene rings is 1. The molecule has 0 bridgehead atoms. The molecule has 8 heteroatoms. The summed E-state index contributed by atoms with van der Waals surface area (Å²) >= 11 is -1.32. The maximum absolute atomic E-state index is 11.3. The van der Waals surface area contributed by atoms with Crippen LogP contribution < -0.4 is 4.74 Å². The van der Waals surface area contributed by atoms with Crippen molar-refractivity contribution < 1.29 is 22.6 Å². The summed E-state index contributed by atoms with van der Waals surface area (Å²) in [5.74, 6) is 2.09. The average molecular weight is 441 g/mol. The van der Waals surface area contributed by atoms with E-state index in [4.69, 9.17) is 28.4 Å². The van der Waals surface area contributed by atoms with E-state index in [2.05, 4.69) is 13.8 Å². The predicted molar refractivity (Wildman–Crippen MR) is 123 cm³/mol. The monoisotopic (exact) mass is 440 g/mol. The quantitative estimate of drug-likeness (QED) is 0.610. The van der Waals surface area contributed by atoms with E-state index in [1.165, 1.54) is 6.26 Å². The summed E-state index contributed by atoms with van der Waals surface area (Å²) in [6.07, 6.45) is 2.12. The fourth-order valence-corrected chi connectivity index (χ4v) is 3.56. The third kappa shape index (κ3) is 7.09. The van der Waals surface area contributed by atoms with E-state index < -0.39 is 11.1 Å². The van der Waals surface area contributed by atoms with Crippen LogP contribution in [-0.4, -0.2) is 62.3 Å². The summed E-state index contributed by atoms with van der Waals surface area (Å²) in [5.41, 5.74) is 1.04. The minimum absolute atomic E-state index is 0.0774. The van der Waals surface area contributed by atoms with E-state index in [1.807, 2.05) is 38.1 Å². The fraction of sp³-hybridized carbons (Fsp3) is 0.636. The van der Waals surface area contributed by atoms with Crippen molar-refractivity contribution in [2.75, 3.05) is 34.2 Å². The van der Waals surface area contributed by atoms with Gasteiger partial charge in [0, 0.05) is 12.2 Å². The molecule has 0 N–H and O–H groups in total. The second-order valence-corrected chi connectivity index (χ2v) is 7.91. The van der Waals surface area contributed by atoms with Gasteiger partial charge in [0.1, 0.15) is 17.8 Å². The van der Waals surface area contributed by atoms with Gasteiger partial charge in [-0.2, -0.15) is 0 Å². The van der Waals surface area contributed by atoms with Crippen molar-refractivity contribution in [3.8, 4) is 5.75 Å². The lowest BCUT2D eigenvalue weighted by molar-refractivity contribution is 0.299. The number of ether oxygens (including phenoxy) is 3. The summed E-state index contributed by atoms with van der Waals surface area (Å²) in [7, 11) is 4.86. The van der Waals surface area contributed by atoms with Crippen LogP contribution in [0.3, 0.4) is 0 Å². The molecule has 2 rings (SSSR count). The second-order valence-electron chi connectivity index (χ2n) is 6.87. The van der Waals surface area contributed by atoms with Crippen LogP contribution in [0, 0.1) is 5.92 Å². The molecule has 1 aliphatic heterocycles. The topological polar surface area (TPSA) is 78.7 Å². The third-order valence-electron chi connectivity index (χ3n) is 4.69. The molecule has 0 radical (unpaired) electrons. The lowest BCUT2D eigenvalue weighted by atomic mass is 9.87. The first-order valence-corrected chi connectivity index (χ1v) is 11.7. The molecule has 1 aromatic rings. The van der Waals surface area contributed by atoms with Crippen molar-refractivity contribution in [3.05, 3.63) is 29.8 Å². The van der Waals surface area contributed by atoms with Crippen molar-refractivity contribution >= 4 is 22.9 Å². The highest BCUT2D eigenvalue weighted by Gasteiger charge is 2.36. The Morgan fingerprint density at radius 3 is 1.93 bits per heavy atom. The number of hydrogen-bond acceptors (Lipinski definition) is 7. The molecule has 1 aliphatic rings. The van der Waals surface area contributed by atoms with E-state index in [0.717, 1.165) is 11.3 Å². The highest BCUT2D eigenvalue weighted by Crippen LogP contribution is 2.32. The lowest BCUT2D eigenvalue weighted by Crippen LogP contribution is -2.40. The number of aliphatic imine (C=N–C) groups is 2. The molecule has 1 heterocycles. The third-order valence-corrected chi connectivity index (χ3v) is 5.19. The number of methoxy groups -OCH3 is 3. The maximum Gasteiger partial charge on any atom is 0.210 e. The van der Waals surface area contributed by atoms with Gasteiger partial charge in [0.05, 0.1) is 27.9 Å². The molecule has 0 spiro atoms. The van der Waals surface area contributed by atoms with Crippen molar-refractivity contribution in [2.24, 2.45) is 15.9 Å². The van der Waals surface area contributed by atoms with Crippen LogP contribution in [0.5, 0.6) is 5.75 Å². The first kappa shape index (κ1) is 26.1. The van der Waals surface area contributed by atoms with Gasteiger partial charge < -0.3 is 14.2 Å². The molecule has 0 fully saturated rings. The Hall–Kier alpha value is -1.93. The summed E-state index contributed by atoms with van der Waals surface area (Å²) in [6.45, 7) is 8.47. The molecule has 30 heavy (non-hydrogen) atoms. The molecule has 4 unspecified atom stereocenters. The number of rotatable bonds is 8. The molecule has 0 saturated heterocycles. The summed E-state index contributed by atoms with van der Waals surface area (Å²) in [5, 5.41) is 0. The van der Waals surface area contributed by atoms with Gasteiger partial charge in [-0.05, 0) is 30.0 Å². The van der Waals surface area contributed by atoms with E-state index in [-0.39, 0.29) is 23.9 Å². The fourth-order valence-electron chi connectivity index (χ4n) is 3.23. The molecule has 7 nitrogen and oxygen atoms in total. The van der Waals surface area contributed by atoms with Gasteiger partial charge in [0.15, 0.2) is 11.1 Å². The molecule has 0 aliphatic carbocycles. The highest BCUT2D eigenvalue weighted by molar-refractivity contribution is 7.79. The van der Waals surface area contributed by atoms with Crippen LogP contribution in [0.2, 0.25) is 0 Å². The first-order chi connectivity index (χ1) is 14.4. The van der Waals surface area contributed by atoms with Crippen LogP contribution in [0.1, 0.15) is 45.6 Å². The van der Waals surface area contributed by atoms with Gasteiger partial charge in [-0.15, -0.1) is 0 Å². The van der Waals surface area contributed by atoms with E-state index in [0.29, 0.717) is 24.8 Å². The minimum atomic E-state index is -1.32. The van der Waals surface area contributed by atoms with Crippen molar-refractivity contribution in [1.29, 1.82) is 0 Å². The van der Waals surface area contributed by atoms with Gasteiger partial charge in [-0.25, -0.2) is 14.2 Å². The van der Waals surface area contributed by atoms with Crippen LogP contribution in [0.15, 0.2) is 34.3 Å². The maximum atomic E-state index is 11.3. The molecule has 170 valence electrons. The predicted octanol–water partition coefficient (Wildman–Crippen LogP) is 4.00. The largest absolute Gasteiger partial charge is 0.497 e. The van der Waals surface area contributed by atoms with Gasteiger partial charge in [0.2, 0.25) is 11.8 Å². The zero-order valence-electron chi connectivity index (χ0n) is 19.4. The van der Waals surface area contributed by atoms with Crippen molar-refractivity contribution in [2.45, 2.75) is 52.1 Å². The first-order valence-electron chi connectivity index (χ1n) is 10.2. The highest BCUT2D eigenvalue weighted by atomic mass is 32.2. The standard InChI is InChI=1S/C20H30N2O5S.C2H6/c1-13(2)17-19(25-4)22-18(20(21-17)26-5)16(11-12-27-28(6)23)14-7-9-15(24-3)10-8-14;1-2/h7-10,13,16-18H,11-12H2,1-6H3;1-2H3. The Bertz CT molecular complexity index is 719. The Morgan fingerprint density at radius 2 is 1.47 bits per heavy atom. The Labute approximate surface area is 183 Å². The molecule has 1 aromatic carbocycles. The smallest absolute Gasteiger partial charge is 0.210 e. The zero-order valence-corrected chi connectivity index (χ0v) is 20.2. The Kier molecular flexibility index (Phi) is 11.7. The van der Waals surface area contributed by atoms with E-state index in [9.17, 15) is 4.21 Å². The lowest BCUT2D eigenvalue weighted by Gasteiger charge is -2.31.